The van der Waals surface area contributed by atoms with Gasteiger partial charge < -0.3 is 19.5 Å². The number of rotatable bonds is 9. The second-order valence-electron chi connectivity index (χ2n) is 7.79. The fraction of sp³-hybridized carbons (Fsp3) is 0.185. The van der Waals surface area contributed by atoms with Crippen molar-refractivity contribution in [3.8, 4) is 17.2 Å². The molecule has 3 aromatic carbocycles. The third-order valence-corrected chi connectivity index (χ3v) is 5.35. The van der Waals surface area contributed by atoms with Gasteiger partial charge in [0.25, 0.3) is 5.91 Å². The Kier molecular flexibility index (Phi) is 7.13. The zero-order valence-electron chi connectivity index (χ0n) is 19.4. The second-order valence-corrected chi connectivity index (χ2v) is 7.79. The summed E-state index contributed by atoms with van der Waals surface area (Å²) in [4.78, 5) is 13.0. The predicted molar refractivity (Wildman–Crippen MR) is 131 cm³/mol. The van der Waals surface area contributed by atoms with E-state index in [4.69, 9.17) is 14.2 Å². The number of para-hydroxylation sites is 1. The minimum absolute atomic E-state index is 0.250. The summed E-state index contributed by atoms with van der Waals surface area (Å²) in [7, 11) is 3.20. The molecule has 0 saturated heterocycles. The summed E-state index contributed by atoms with van der Waals surface area (Å²) in [6.45, 7) is 2.88. The summed E-state index contributed by atoms with van der Waals surface area (Å²) in [6, 6.07) is 22.7. The van der Waals surface area contributed by atoms with Gasteiger partial charge >= 0.3 is 0 Å². The molecular formula is C27H27N3O4. The Hall–Kier alpha value is -4.26. The van der Waals surface area contributed by atoms with Crippen LogP contribution in [-0.4, -0.2) is 29.9 Å². The maximum absolute atomic E-state index is 13.0. The number of benzene rings is 3. The average molecular weight is 458 g/mol. The Morgan fingerprint density at radius 1 is 0.971 bits per heavy atom. The van der Waals surface area contributed by atoms with E-state index in [-0.39, 0.29) is 5.91 Å². The van der Waals surface area contributed by atoms with E-state index in [1.54, 1.807) is 49.4 Å². The lowest BCUT2D eigenvalue weighted by atomic mass is 10.1. The smallest absolute Gasteiger partial charge is 0.256 e. The topological polar surface area (TPSA) is 74.6 Å². The minimum atomic E-state index is -0.250. The first-order valence-electron chi connectivity index (χ1n) is 10.9. The molecule has 0 radical (unpaired) electrons. The van der Waals surface area contributed by atoms with Crippen LogP contribution in [0, 0.1) is 6.92 Å². The fourth-order valence-corrected chi connectivity index (χ4v) is 3.69. The van der Waals surface area contributed by atoms with Crippen molar-refractivity contribution < 1.29 is 19.0 Å². The van der Waals surface area contributed by atoms with Crippen LogP contribution in [0.1, 0.15) is 27.0 Å². The molecule has 4 aromatic rings. The van der Waals surface area contributed by atoms with Crippen molar-refractivity contribution in [1.82, 2.24) is 9.78 Å². The number of methoxy groups -OCH3 is 2. The van der Waals surface area contributed by atoms with Crippen LogP contribution in [0.15, 0.2) is 79.0 Å². The molecule has 4 rings (SSSR count). The number of hydrogen-bond donors (Lipinski definition) is 1. The van der Waals surface area contributed by atoms with Crippen LogP contribution in [0.2, 0.25) is 0 Å². The Balaban J connectivity index is 1.45. The number of amides is 1. The van der Waals surface area contributed by atoms with Crippen LogP contribution >= 0.6 is 0 Å². The average Bonchev–Trinajstić information content (AvgIpc) is 3.29. The number of ether oxygens (including phenoxy) is 3. The van der Waals surface area contributed by atoms with Crippen molar-refractivity contribution in [2.24, 2.45) is 0 Å². The molecule has 7 heteroatoms. The summed E-state index contributed by atoms with van der Waals surface area (Å²) in [5, 5.41) is 7.29. The van der Waals surface area contributed by atoms with Crippen molar-refractivity contribution >= 4 is 11.7 Å². The van der Waals surface area contributed by atoms with Crippen LogP contribution < -0.4 is 19.5 Å². The van der Waals surface area contributed by atoms with E-state index in [2.05, 4.69) is 16.5 Å². The quantitative estimate of drug-likeness (QED) is 0.379. The number of aryl methyl sites for hydroxylation is 1. The normalized spacial score (nSPS) is 10.6. The SMILES string of the molecule is COc1cccc(Cn2nccc2NC(=O)c2cccc(OCc3cccc(C)c3)c2)c1OC. The Morgan fingerprint density at radius 3 is 2.59 bits per heavy atom. The maximum Gasteiger partial charge on any atom is 0.256 e. The molecule has 1 N–H and O–H groups in total. The number of aromatic nitrogens is 2. The standard InChI is InChI=1S/C27H27N3O4/c1-19-7-4-8-20(15-19)18-34-23-11-5-9-21(16-23)27(31)29-25-13-14-28-30(25)17-22-10-6-12-24(32-2)26(22)33-3/h4-16H,17-18H2,1-3H3,(H,29,31). The monoisotopic (exact) mass is 457 g/mol. The molecule has 1 aromatic heterocycles. The summed E-state index contributed by atoms with van der Waals surface area (Å²) in [6.07, 6.45) is 1.64. The lowest BCUT2D eigenvalue weighted by molar-refractivity contribution is 0.102. The van der Waals surface area contributed by atoms with Crippen LogP contribution in [0.3, 0.4) is 0 Å². The molecule has 0 aliphatic heterocycles. The zero-order valence-corrected chi connectivity index (χ0v) is 19.4. The van der Waals surface area contributed by atoms with Crippen LogP contribution in [0.5, 0.6) is 17.2 Å². The first-order valence-corrected chi connectivity index (χ1v) is 10.9. The van der Waals surface area contributed by atoms with Gasteiger partial charge in [-0.05, 0) is 36.8 Å². The van der Waals surface area contributed by atoms with E-state index in [1.807, 2.05) is 49.4 Å². The molecule has 0 spiro atoms. The summed E-state index contributed by atoms with van der Waals surface area (Å²) in [5.41, 5.74) is 3.63. The second kappa shape index (κ2) is 10.6. The molecule has 0 fully saturated rings. The van der Waals surface area contributed by atoms with Crippen molar-refractivity contribution in [3.05, 3.63) is 101 Å². The third kappa shape index (κ3) is 5.38. The van der Waals surface area contributed by atoms with Crippen molar-refractivity contribution in [2.45, 2.75) is 20.1 Å². The molecule has 174 valence electrons. The fourth-order valence-electron chi connectivity index (χ4n) is 3.69. The highest BCUT2D eigenvalue weighted by atomic mass is 16.5. The van der Waals surface area contributed by atoms with Gasteiger partial charge in [0.1, 0.15) is 18.2 Å². The van der Waals surface area contributed by atoms with Crippen LogP contribution in [-0.2, 0) is 13.2 Å². The van der Waals surface area contributed by atoms with Gasteiger partial charge in [-0.2, -0.15) is 5.10 Å². The predicted octanol–water partition coefficient (Wildman–Crippen LogP) is 5.09. The molecule has 0 unspecified atom stereocenters. The Morgan fingerprint density at radius 2 is 1.79 bits per heavy atom. The number of hydrogen-bond acceptors (Lipinski definition) is 5. The maximum atomic E-state index is 13.0. The van der Waals surface area contributed by atoms with E-state index in [0.717, 1.165) is 11.1 Å². The molecule has 1 amide bonds. The highest BCUT2D eigenvalue weighted by Gasteiger charge is 2.14. The van der Waals surface area contributed by atoms with E-state index in [9.17, 15) is 4.79 Å². The molecule has 1 heterocycles. The van der Waals surface area contributed by atoms with Gasteiger partial charge in [-0.1, -0.05) is 48.0 Å². The summed E-state index contributed by atoms with van der Waals surface area (Å²) >= 11 is 0. The number of anilines is 1. The van der Waals surface area contributed by atoms with Gasteiger partial charge in [0, 0.05) is 17.2 Å². The molecule has 0 bridgehead atoms. The van der Waals surface area contributed by atoms with Gasteiger partial charge in [-0.15, -0.1) is 0 Å². The zero-order chi connectivity index (χ0) is 23.9. The van der Waals surface area contributed by atoms with Crippen molar-refractivity contribution in [2.75, 3.05) is 19.5 Å². The molecule has 0 saturated carbocycles. The van der Waals surface area contributed by atoms with E-state index in [1.165, 1.54) is 5.56 Å². The van der Waals surface area contributed by atoms with Crippen molar-refractivity contribution in [3.63, 3.8) is 0 Å². The highest BCUT2D eigenvalue weighted by molar-refractivity contribution is 6.04. The Labute approximate surface area is 198 Å². The van der Waals surface area contributed by atoms with E-state index >= 15 is 0 Å². The molecule has 0 aliphatic carbocycles. The van der Waals surface area contributed by atoms with Gasteiger partial charge in [-0.25, -0.2) is 4.68 Å². The minimum Gasteiger partial charge on any atom is -0.493 e. The van der Waals surface area contributed by atoms with E-state index in [0.29, 0.717) is 41.8 Å². The first-order chi connectivity index (χ1) is 16.6. The van der Waals surface area contributed by atoms with Crippen molar-refractivity contribution in [1.29, 1.82) is 0 Å². The molecular weight excluding hydrogens is 430 g/mol. The first kappa shape index (κ1) is 22.9. The van der Waals surface area contributed by atoms with Gasteiger partial charge in [-0.3, -0.25) is 4.79 Å². The molecule has 0 atom stereocenters. The lowest BCUT2D eigenvalue weighted by Crippen LogP contribution is -2.16. The Bertz CT molecular complexity index is 1280. The molecule has 7 nitrogen and oxygen atoms in total. The largest absolute Gasteiger partial charge is 0.493 e. The van der Waals surface area contributed by atoms with Gasteiger partial charge in [0.05, 0.1) is 27.0 Å². The number of carbonyl (C=O) groups is 1. The summed E-state index contributed by atoms with van der Waals surface area (Å²) in [5.74, 6) is 2.22. The number of nitrogens with zero attached hydrogens (tertiary/aromatic N) is 2. The summed E-state index contributed by atoms with van der Waals surface area (Å²) < 4.78 is 18.5. The third-order valence-electron chi connectivity index (χ3n) is 5.35. The highest BCUT2D eigenvalue weighted by Crippen LogP contribution is 2.31. The number of carbonyl (C=O) groups excluding carboxylic acids is 1. The van der Waals surface area contributed by atoms with Gasteiger partial charge in [0.2, 0.25) is 0 Å². The van der Waals surface area contributed by atoms with Crippen LogP contribution in [0.25, 0.3) is 0 Å². The van der Waals surface area contributed by atoms with Crippen LogP contribution in [0.4, 0.5) is 5.82 Å². The lowest BCUT2D eigenvalue weighted by Gasteiger charge is -2.14. The number of nitrogens with one attached hydrogen (secondary N) is 1. The molecule has 0 aliphatic rings. The van der Waals surface area contributed by atoms with E-state index < -0.39 is 0 Å². The van der Waals surface area contributed by atoms with Gasteiger partial charge in [0.15, 0.2) is 11.5 Å². The molecule has 34 heavy (non-hydrogen) atoms.